The summed E-state index contributed by atoms with van der Waals surface area (Å²) in [7, 11) is 0. The minimum atomic E-state index is -0.378. The predicted molar refractivity (Wildman–Crippen MR) is 107 cm³/mol. The van der Waals surface area contributed by atoms with Crippen molar-refractivity contribution in [3.8, 4) is 11.4 Å². The summed E-state index contributed by atoms with van der Waals surface area (Å²) in [5.41, 5.74) is 1.60. The predicted octanol–water partition coefficient (Wildman–Crippen LogP) is 1.45. The number of rotatable bonds is 8. The summed E-state index contributed by atoms with van der Waals surface area (Å²) in [6, 6.07) is 19.0. The molecule has 1 amide bonds. The number of nitrogens with zero attached hydrogens (tertiary/aromatic N) is 3. The Morgan fingerprint density at radius 3 is 2.39 bits per heavy atom. The van der Waals surface area contributed by atoms with Gasteiger partial charge in [0.1, 0.15) is 6.54 Å². The molecule has 1 atom stereocenters. The zero-order chi connectivity index (χ0) is 19.9. The molecule has 146 valence electrons. The number of hydrogen-bond acceptors (Lipinski definition) is 4. The van der Waals surface area contributed by atoms with Crippen LogP contribution in [-0.4, -0.2) is 38.0 Å². The van der Waals surface area contributed by atoms with E-state index in [2.05, 4.69) is 10.4 Å². The number of carbonyl (C=O) groups excluding carboxylic acids is 1. The number of benzene rings is 2. The number of aliphatic hydroxyl groups is 1. The van der Waals surface area contributed by atoms with Crippen molar-refractivity contribution in [1.29, 1.82) is 0 Å². The van der Waals surface area contributed by atoms with Gasteiger partial charge >= 0.3 is 5.69 Å². The number of aromatic nitrogens is 3. The standard InChI is InChI=1S/C21H24N4O3/c1-16(15-26)22-19(27)14-25-21(28)24(13-12-17-8-4-2-5-9-17)20(23-25)18-10-6-3-7-11-18/h2-11,16,26H,12-15H2,1H3,(H,22,27)/t16-/m1/s1. The Balaban J connectivity index is 1.89. The summed E-state index contributed by atoms with van der Waals surface area (Å²) in [5, 5.41) is 16.1. The molecule has 0 fully saturated rings. The Morgan fingerprint density at radius 1 is 1.11 bits per heavy atom. The fourth-order valence-corrected chi connectivity index (χ4v) is 2.93. The third-order valence-electron chi connectivity index (χ3n) is 4.40. The van der Waals surface area contributed by atoms with Crippen LogP contribution >= 0.6 is 0 Å². The van der Waals surface area contributed by atoms with E-state index in [1.54, 1.807) is 11.5 Å². The molecule has 0 saturated carbocycles. The minimum Gasteiger partial charge on any atom is -0.394 e. The monoisotopic (exact) mass is 380 g/mol. The Morgan fingerprint density at radius 2 is 1.75 bits per heavy atom. The normalized spacial score (nSPS) is 11.9. The first-order valence-corrected chi connectivity index (χ1v) is 9.25. The molecule has 0 unspecified atom stereocenters. The van der Waals surface area contributed by atoms with Crippen LogP contribution in [0.3, 0.4) is 0 Å². The molecule has 7 nitrogen and oxygen atoms in total. The van der Waals surface area contributed by atoms with Crippen molar-refractivity contribution < 1.29 is 9.90 Å². The van der Waals surface area contributed by atoms with E-state index < -0.39 is 0 Å². The second-order valence-electron chi connectivity index (χ2n) is 6.67. The van der Waals surface area contributed by atoms with Crippen molar-refractivity contribution in [3.63, 3.8) is 0 Å². The third kappa shape index (κ3) is 4.75. The van der Waals surface area contributed by atoms with Gasteiger partial charge in [-0.25, -0.2) is 9.48 Å². The van der Waals surface area contributed by atoms with Crippen LogP contribution < -0.4 is 11.0 Å². The number of aryl methyl sites for hydroxylation is 1. The SMILES string of the molecule is C[C@H](CO)NC(=O)Cn1nc(-c2ccccc2)n(CCc2ccccc2)c1=O. The summed E-state index contributed by atoms with van der Waals surface area (Å²) < 4.78 is 2.78. The van der Waals surface area contributed by atoms with Crippen LogP contribution in [0.2, 0.25) is 0 Å². The summed E-state index contributed by atoms with van der Waals surface area (Å²) in [4.78, 5) is 25.0. The molecule has 7 heteroatoms. The van der Waals surface area contributed by atoms with Gasteiger partial charge < -0.3 is 10.4 Å². The topological polar surface area (TPSA) is 89.2 Å². The minimum absolute atomic E-state index is 0.165. The quantitative estimate of drug-likeness (QED) is 0.619. The highest BCUT2D eigenvalue weighted by Gasteiger charge is 2.17. The number of hydrogen-bond donors (Lipinski definition) is 2. The van der Waals surface area contributed by atoms with Gasteiger partial charge in [-0.3, -0.25) is 9.36 Å². The van der Waals surface area contributed by atoms with Crippen molar-refractivity contribution in [2.75, 3.05) is 6.61 Å². The van der Waals surface area contributed by atoms with Crippen LogP contribution in [0.25, 0.3) is 11.4 Å². The zero-order valence-corrected chi connectivity index (χ0v) is 15.8. The number of carbonyl (C=O) groups is 1. The van der Waals surface area contributed by atoms with E-state index in [1.807, 2.05) is 60.7 Å². The highest BCUT2D eigenvalue weighted by molar-refractivity contribution is 5.76. The first kappa shape index (κ1) is 19.6. The van der Waals surface area contributed by atoms with E-state index >= 15 is 0 Å². The van der Waals surface area contributed by atoms with E-state index in [9.17, 15) is 9.59 Å². The summed E-state index contributed by atoms with van der Waals surface area (Å²) >= 11 is 0. The second-order valence-corrected chi connectivity index (χ2v) is 6.67. The number of aliphatic hydroxyl groups excluding tert-OH is 1. The van der Waals surface area contributed by atoms with Crippen LogP contribution in [0.15, 0.2) is 65.5 Å². The molecule has 0 bridgehead atoms. The molecule has 0 aliphatic heterocycles. The Bertz CT molecular complexity index is 964. The van der Waals surface area contributed by atoms with E-state index in [0.29, 0.717) is 18.8 Å². The van der Waals surface area contributed by atoms with Crippen LogP contribution in [0.5, 0.6) is 0 Å². The van der Waals surface area contributed by atoms with Crippen LogP contribution in [0.1, 0.15) is 12.5 Å². The number of amides is 1. The van der Waals surface area contributed by atoms with Gasteiger partial charge in [0.2, 0.25) is 5.91 Å². The Hall–Kier alpha value is -3.19. The molecule has 0 aliphatic carbocycles. The largest absolute Gasteiger partial charge is 0.394 e. The maximum atomic E-state index is 12.9. The summed E-state index contributed by atoms with van der Waals surface area (Å²) in [5.74, 6) is 0.167. The Labute approximate surface area is 163 Å². The molecule has 28 heavy (non-hydrogen) atoms. The third-order valence-corrected chi connectivity index (χ3v) is 4.40. The van der Waals surface area contributed by atoms with Gasteiger partial charge in [0, 0.05) is 18.2 Å². The molecule has 0 aliphatic rings. The van der Waals surface area contributed by atoms with Gasteiger partial charge in [-0.15, -0.1) is 5.10 Å². The first-order chi connectivity index (χ1) is 13.6. The summed E-state index contributed by atoms with van der Waals surface area (Å²) in [6.07, 6.45) is 0.681. The fourth-order valence-electron chi connectivity index (χ4n) is 2.93. The average Bonchev–Trinajstić information content (AvgIpc) is 3.03. The zero-order valence-electron chi connectivity index (χ0n) is 15.8. The molecule has 1 heterocycles. The van der Waals surface area contributed by atoms with Crippen LogP contribution in [0.4, 0.5) is 0 Å². The molecular formula is C21H24N4O3. The highest BCUT2D eigenvalue weighted by Crippen LogP contribution is 2.15. The van der Waals surface area contributed by atoms with E-state index in [-0.39, 0.29) is 30.8 Å². The van der Waals surface area contributed by atoms with Gasteiger partial charge in [0.05, 0.1) is 6.61 Å². The van der Waals surface area contributed by atoms with Crippen molar-refractivity contribution >= 4 is 5.91 Å². The van der Waals surface area contributed by atoms with Gasteiger partial charge in [-0.1, -0.05) is 60.7 Å². The van der Waals surface area contributed by atoms with Crippen LogP contribution in [-0.2, 0) is 24.3 Å². The highest BCUT2D eigenvalue weighted by atomic mass is 16.3. The van der Waals surface area contributed by atoms with Crippen LogP contribution in [0, 0.1) is 0 Å². The summed E-state index contributed by atoms with van der Waals surface area (Å²) in [6.45, 7) is 1.79. The Kier molecular flexibility index (Phi) is 6.39. The lowest BCUT2D eigenvalue weighted by Gasteiger charge is -2.09. The van der Waals surface area contributed by atoms with E-state index in [1.165, 1.54) is 4.68 Å². The maximum Gasteiger partial charge on any atom is 0.346 e. The lowest BCUT2D eigenvalue weighted by molar-refractivity contribution is -0.122. The van der Waals surface area contributed by atoms with Gasteiger partial charge in [-0.05, 0) is 18.9 Å². The molecule has 0 radical (unpaired) electrons. The maximum absolute atomic E-state index is 12.9. The molecule has 3 aromatic rings. The van der Waals surface area contributed by atoms with Gasteiger partial charge in [0.25, 0.3) is 0 Å². The first-order valence-electron chi connectivity index (χ1n) is 9.25. The average molecular weight is 380 g/mol. The van der Waals surface area contributed by atoms with E-state index in [4.69, 9.17) is 5.11 Å². The number of nitrogens with one attached hydrogen (secondary N) is 1. The van der Waals surface area contributed by atoms with Gasteiger partial charge in [-0.2, -0.15) is 0 Å². The molecule has 0 spiro atoms. The lowest BCUT2D eigenvalue weighted by Crippen LogP contribution is -2.39. The van der Waals surface area contributed by atoms with Crippen molar-refractivity contribution in [2.24, 2.45) is 0 Å². The molecule has 3 rings (SSSR count). The van der Waals surface area contributed by atoms with Crippen molar-refractivity contribution in [1.82, 2.24) is 19.7 Å². The molecule has 1 aromatic heterocycles. The fraction of sp³-hybridized carbons (Fsp3) is 0.286. The molecular weight excluding hydrogens is 356 g/mol. The van der Waals surface area contributed by atoms with Gasteiger partial charge in [0.15, 0.2) is 5.82 Å². The molecule has 2 N–H and O–H groups in total. The smallest absolute Gasteiger partial charge is 0.346 e. The second kappa shape index (κ2) is 9.14. The van der Waals surface area contributed by atoms with E-state index in [0.717, 1.165) is 11.1 Å². The van der Waals surface area contributed by atoms with Crippen molar-refractivity contribution in [2.45, 2.75) is 32.5 Å². The molecule has 0 saturated heterocycles. The van der Waals surface area contributed by atoms with Crippen molar-refractivity contribution in [3.05, 3.63) is 76.7 Å². The lowest BCUT2D eigenvalue weighted by atomic mass is 10.1. The molecule has 2 aromatic carbocycles.